The number of benzene rings is 1. The zero-order chi connectivity index (χ0) is 13.4. The molecule has 0 N–H and O–H groups in total. The number of hydrogen-bond donors (Lipinski definition) is 0. The van der Waals surface area contributed by atoms with Crippen LogP contribution in [0.25, 0.3) is 5.69 Å². The topological polar surface area (TPSA) is 61.2 Å². The molecular formula is C13H10N2O3S. The van der Waals surface area contributed by atoms with Crippen LogP contribution in [0.4, 0.5) is 0 Å². The molecule has 1 aromatic heterocycles. The summed E-state index contributed by atoms with van der Waals surface area (Å²) in [5.41, 5.74) is 2.10. The van der Waals surface area contributed by atoms with E-state index < -0.39 is 5.97 Å². The highest BCUT2D eigenvalue weighted by atomic mass is 32.2. The molecule has 0 bridgehead atoms. The van der Waals surface area contributed by atoms with Crippen LogP contribution in [0.5, 0.6) is 0 Å². The number of thioether (sulfide) groups is 1. The average molecular weight is 274 g/mol. The van der Waals surface area contributed by atoms with Crippen molar-refractivity contribution < 1.29 is 14.3 Å². The SMILES string of the molecule is COC(=O)c1nn(-c2ccccc2)c2c1CSC2=O. The van der Waals surface area contributed by atoms with Crippen LogP contribution in [-0.2, 0) is 10.5 Å². The van der Waals surface area contributed by atoms with Crippen LogP contribution in [0, 0.1) is 0 Å². The van der Waals surface area contributed by atoms with E-state index in [0.29, 0.717) is 17.0 Å². The van der Waals surface area contributed by atoms with E-state index >= 15 is 0 Å². The monoisotopic (exact) mass is 274 g/mol. The van der Waals surface area contributed by atoms with Gasteiger partial charge in [0.15, 0.2) is 5.69 Å². The average Bonchev–Trinajstić information content (AvgIpc) is 3.00. The van der Waals surface area contributed by atoms with E-state index in [4.69, 9.17) is 4.74 Å². The van der Waals surface area contributed by atoms with Crippen molar-refractivity contribution in [3.8, 4) is 5.69 Å². The quantitative estimate of drug-likeness (QED) is 0.784. The van der Waals surface area contributed by atoms with Crippen molar-refractivity contribution in [2.45, 2.75) is 5.75 Å². The molecule has 0 amide bonds. The van der Waals surface area contributed by atoms with Gasteiger partial charge in [-0.05, 0) is 12.1 Å². The van der Waals surface area contributed by atoms with Crippen molar-refractivity contribution in [1.29, 1.82) is 0 Å². The first-order valence-corrected chi connectivity index (χ1v) is 6.63. The highest BCUT2D eigenvalue weighted by Gasteiger charge is 2.33. The van der Waals surface area contributed by atoms with E-state index in [-0.39, 0.29) is 10.8 Å². The molecule has 19 heavy (non-hydrogen) atoms. The van der Waals surface area contributed by atoms with E-state index in [0.717, 1.165) is 5.69 Å². The number of para-hydroxylation sites is 1. The minimum atomic E-state index is -0.513. The summed E-state index contributed by atoms with van der Waals surface area (Å²) in [6, 6.07) is 9.27. The van der Waals surface area contributed by atoms with Gasteiger partial charge in [0.25, 0.3) is 0 Å². The van der Waals surface area contributed by atoms with Gasteiger partial charge in [-0.15, -0.1) is 0 Å². The minimum absolute atomic E-state index is 0.0680. The van der Waals surface area contributed by atoms with Gasteiger partial charge in [-0.25, -0.2) is 9.48 Å². The Morgan fingerprint density at radius 2 is 2.11 bits per heavy atom. The predicted octanol–water partition coefficient (Wildman–Crippen LogP) is 2.05. The fraction of sp³-hybridized carbons (Fsp3) is 0.154. The number of esters is 1. The summed E-state index contributed by atoms with van der Waals surface area (Å²) in [7, 11) is 1.31. The Morgan fingerprint density at radius 1 is 1.37 bits per heavy atom. The molecule has 0 atom stereocenters. The Balaban J connectivity index is 2.21. The second-order valence-electron chi connectivity index (χ2n) is 3.99. The number of ether oxygens (including phenoxy) is 1. The van der Waals surface area contributed by atoms with Crippen LogP contribution in [-0.4, -0.2) is 28.0 Å². The molecule has 1 aliphatic rings. The summed E-state index contributed by atoms with van der Waals surface area (Å²) in [5, 5.41) is 4.16. The normalized spacial score (nSPS) is 13.4. The van der Waals surface area contributed by atoms with E-state index in [1.807, 2.05) is 30.3 Å². The van der Waals surface area contributed by atoms with Crippen molar-refractivity contribution >= 4 is 22.8 Å². The summed E-state index contributed by atoms with van der Waals surface area (Å²) in [6.45, 7) is 0. The highest BCUT2D eigenvalue weighted by molar-refractivity contribution is 8.13. The molecule has 1 aliphatic heterocycles. The third-order valence-corrected chi connectivity index (χ3v) is 3.79. The molecule has 2 heterocycles. The molecule has 1 aromatic carbocycles. The van der Waals surface area contributed by atoms with E-state index in [9.17, 15) is 9.59 Å². The number of carbonyl (C=O) groups is 2. The molecule has 3 rings (SSSR count). The zero-order valence-electron chi connectivity index (χ0n) is 10.1. The van der Waals surface area contributed by atoms with E-state index in [1.54, 1.807) is 0 Å². The van der Waals surface area contributed by atoms with Crippen LogP contribution in [0.2, 0.25) is 0 Å². The van der Waals surface area contributed by atoms with Crippen LogP contribution in [0.15, 0.2) is 30.3 Å². The molecule has 2 aromatic rings. The number of nitrogens with zero attached hydrogens (tertiary/aromatic N) is 2. The second-order valence-corrected chi connectivity index (χ2v) is 4.94. The largest absolute Gasteiger partial charge is 0.464 e. The second kappa shape index (κ2) is 4.55. The molecule has 0 saturated carbocycles. The number of rotatable bonds is 2. The van der Waals surface area contributed by atoms with Gasteiger partial charge in [0.1, 0.15) is 5.69 Å². The molecule has 0 aliphatic carbocycles. The fourth-order valence-electron chi connectivity index (χ4n) is 2.02. The number of aromatic nitrogens is 2. The Kier molecular flexibility index (Phi) is 2.87. The van der Waals surface area contributed by atoms with E-state index in [1.165, 1.54) is 23.6 Å². The standard InChI is InChI=1S/C13H10N2O3S/c1-18-12(16)10-9-7-19-13(17)11(9)15(14-10)8-5-3-2-4-6-8/h2-6H,7H2,1H3. The molecule has 6 heteroatoms. The van der Waals surface area contributed by atoms with Crippen LogP contribution in [0.3, 0.4) is 0 Å². The summed E-state index contributed by atoms with van der Waals surface area (Å²) >= 11 is 1.18. The number of methoxy groups -OCH3 is 1. The third kappa shape index (κ3) is 1.84. The zero-order valence-corrected chi connectivity index (χ0v) is 10.9. The van der Waals surface area contributed by atoms with Crippen molar-refractivity contribution in [2.75, 3.05) is 7.11 Å². The summed E-state index contributed by atoms with van der Waals surface area (Å²) in [6.07, 6.45) is 0. The molecule has 0 spiro atoms. The van der Waals surface area contributed by atoms with Gasteiger partial charge in [0, 0.05) is 11.3 Å². The lowest BCUT2D eigenvalue weighted by atomic mass is 10.2. The lowest BCUT2D eigenvalue weighted by Gasteiger charge is -2.03. The van der Waals surface area contributed by atoms with Gasteiger partial charge < -0.3 is 4.74 Å². The van der Waals surface area contributed by atoms with Crippen LogP contribution >= 0.6 is 11.8 Å². The van der Waals surface area contributed by atoms with E-state index in [2.05, 4.69) is 5.10 Å². The van der Waals surface area contributed by atoms with Gasteiger partial charge in [-0.1, -0.05) is 30.0 Å². The van der Waals surface area contributed by atoms with Crippen LogP contribution in [0.1, 0.15) is 26.5 Å². The van der Waals surface area contributed by atoms with Gasteiger partial charge in [0.05, 0.1) is 12.8 Å². The first-order chi connectivity index (χ1) is 9.22. The summed E-state index contributed by atoms with van der Waals surface area (Å²) in [5.74, 6) is -0.0490. The fourth-order valence-corrected chi connectivity index (χ4v) is 2.91. The van der Waals surface area contributed by atoms with Gasteiger partial charge in [0.2, 0.25) is 5.12 Å². The number of fused-ring (bicyclic) bond motifs is 1. The Hall–Kier alpha value is -2.08. The van der Waals surface area contributed by atoms with Crippen molar-refractivity contribution in [3.05, 3.63) is 47.3 Å². The lowest BCUT2D eigenvalue weighted by molar-refractivity contribution is 0.0592. The van der Waals surface area contributed by atoms with Crippen LogP contribution < -0.4 is 0 Å². The number of carbonyl (C=O) groups excluding carboxylic acids is 2. The Morgan fingerprint density at radius 3 is 2.79 bits per heavy atom. The number of hydrogen-bond acceptors (Lipinski definition) is 5. The van der Waals surface area contributed by atoms with Crippen molar-refractivity contribution in [1.82, 2.24) is 9.78 Å². The molecule has 0 radical (unpaired) electrons. The highest BCUT2D eigenvalue weighted by Crippen LogP contribution is 2.34. The Bertz CT molecular complexity index is 664. The molecule has 0 fully saturated rings. The molecular weight excluding hydrogens is 264 g/mol. The van der Waals surface area contributed by atoms with Gasteiger partial charge >= 0.3 is 5.97 Å². The predicted molar refractivity (Wildman–Crippen MR) is 70.5 cm³/mol. The maximum Gasteiger partial charge on any atom is 0.358 e. The first kappa shape index (κ1) is 12.0. The van der Waals surface area contributed by atoms with Crippen molar-refractivity contribution in [3.63, 3.8) is 0 Å². The molecule has 0 saturated heterocycles. The van der Waals surface area contributed by atoms with Gasteiger partial charge in [-0.3, -0.25) is 4.79 Å². The lowest BCUT2D eigenvalue weighted by Crippen LogP contribution is -2.07. The summed E-state index contributed by atoms with van der Waals surface area (Å²) in [4.78, 5) is 23.6. The third-order valence-electron chi connectivity index (χ3n) is 2.90. The smallest absolute Gasteiger partial charge is 0.358 e. The Labute approximate surface area is 113 Å². The minimum Gasteiger partial charge on any atom is -0.464 e. The maximum atomic E-state index is 11.9. The van der Waals surface area contributed by atoms with Crippen molar-refractivity contribution in [2.24, 2.45) is 0 Å². The molecule has 5 nitrogen and oxygen atoms in total. The summed E-state index contributed by atoms with van der Waals surface area (Å²) < 4.78 is 6.23. The molecule has 96 valence electrons. The maximum absolute atomic E-state index is 11.9. The molecule has 0 unspecified atom stereocenters. The first-order valence-electron chi connectivity index (χ1n) is 5.65. The van der Waals surface area contributed by atoms with Gasteiger partial charge in [-0.2, -0.15) is 5.10 Å².